The minimum atomic E-state index is -0.805. The Labute approximate surface area is 121 Å². The first-order chi connectivity index (χ1) is 10.1. The second-order valence-corrected chi connectivity index (χ2v) is 4.84. The lowest BCUT2D eigenvalue weighted by Crippen LogP contribution is -2.47. The number of carbonyl (C=O) groups is 3. The summed E-state index contributed by atoms with van der Waals surface area (Å²) in [7, 11) is 1.26. The van der Waals surface area contributed by atoms with Crippen molar-refractivity contribution in [3.05, 3.63) is 18.2 Å². The third-order valence-electron chi connectivity index (χ3n) is 3.31. The second kappa shape index (κ2) is 6.87. The van der Waals surface area contributed by atoms with Gasteiger partial charge >= 0.3 is 5.97 Å². The highest BCUT2D eigenvalue weighted by Gasteiger charge is 2.26. The van der Waals surface area contributed by atoms with Crippen LogP contribution in [0.15, 0.2) is 12.5 Å². The first-order valence-electron chi connectivity index (χ1n) is 6.72. The van der Waals surface area contributed by atoms with E-state index in [2.05, 4.69) is 20.0 Å². The van der Waals surface area contributed by atoms with Gasteiger partial charge in [-0.05, 0) is 6.42 Å². The lowest BCUT2D eigenvalue weighted by Gasteiger charge is -2.19. The molecule has 2 N–H and O–H groups in total. The topological polar surface area (TPSA) is 104 Å². The maximum absolute atomic E-state index is 12.0. The van der Waals surface area contributed by atoms with Crippen LogP contribution in [0.2, 0.25) is 0 Å². The minimum absolute atomic E-state index is 0.0324. The second-order valence-electron chi connectivity index (χ2n) is 4.84. The highest BCUT2D eigenvalue weighted by atomic mass is 16.5. The predicted molar refractivity (Wildman–Crippen MR) is 72.1 cm³/mol. The van der Waals surface area contributed by atoms with E-state index in [0.717, 1.165) is 6.42 Å². The number of ether oxygens (including phenoxy) is 1. The number of hydrogen-bond acceptors (Lipinski definition) is 5. The van der Waals surface area contributed by atoms with Crippen molar-refractivity contribution in [3.8, 4) is 0 Å². The first-order valence-corrected chi connectivity index (χ1v) is 6.72. The molecule has 1 aromatic heterocycles. The molecule has 1 aromatic rings. The van der Waals surface area contributed by atoms with Crippen molar-refractivity contribution in [3.63, 3.8) is 0 Å². The number of nitrogens with zero attached hydrogens (tertiary/aromatic N) is 2. The zero-order valence-corrected chi connectivity index (χ0v) is 11.8. The summed E-state index contributed by atoms with van der Waals surface area (Å²) in [6.07, 6.45) is 4.56. The van der Waals surface area contributed by atoms with E-state index in [4.69, 9.17) is 0 Å². The Hall–Kier alpha value is -2.38. The van der Waals surface area contributed by atoms with Crippen LogP contribution in [0.25, 0.3) is 0 Å². The number of amides is 2. The number of aromatic amines is 1. The van der Waals surface area contributed by atoms with Gasteiger partial charge in [-0.2, -0.15) is 0 Å². The van der Waals surface area contributed by atoms with Crippen molar-refractivity contribution in [1.29, 1.82) is 0 Å². The number of methoxy groups -OCH3 is 1. The quantitative estimate of drug-likeness (QED) is 0.671. The van der Waals surface area contributed by atoms with Gasteiger partial charge in [0.05, 0.1) is 20.0 Å². The van der Waals surface area contributed by atoms with Gasteiger partial charge in [0, 0.05) is 31.3 Å². The normalized spacial score (nSPS) is 15.9. The fourth-order valence-corrected chi connectivity index (χ4v) is 2.24. The molecule has 2 rings (SSSR count). The number of aromatic nitrogens is 2. The first kappa shape index (κ1) is 15.0. The van der Waals surface area contributed by atoms with E-state index >= 15 is 0 Å². The van der Waals surface area contributed by atoms with E-state index in [-0.39, 0.29) is 24.8 Å². The van der Waals surface area contributed by atoms with Crippen LogP contribution >= 0.6 is 0 Å². The van der Waals surface area contributed by atoms with Crippen molar-refractivity contribution >= 4 is 17.8 Å². The summed E-state index contributed by atoms with van der Waals surface area (Å²) in [6.45, 7) is 0.547. The largest absolute Gasteiger partial charge is 0.467 e. The van der Waals surface area contributed by atoms with Gasteiger partial charge < -0.3 is 19.9 Å². The molecular formula is C13H18N4O4. The van der Waals surface area contributed by atoms with Gasteiger partial charge in [-0.3, -0.25) is 9.59 Å². The predicted octanol–water partition coefficient (Wildman–Crippen LogP) is -0.768. The number of carbonyl (C=O) groups excluding carboxylic acids is 3. The molecule has 2 amide bonds. The zero-order chi connectivity index (χ0) is 15.2. The van der Waals surface area contributed by atoms with Gasteiger partial charge in [0.15, 0.2) is 0 Å². The van der Waals surface area contributed by atoms with E-state index in [0.29, 0.717) is 18.7 Å². The standard InChI is InChI=1S/C13H18N4O4/c1-21-13(20)10(5-9-6-14-8-15-9)16-11(18)7-17-4-2-3-12(17)19/h6,8,10H,2-5,7H2,1H3,(H,14,15)(H,16,18)/t10-/m0/s1. The van der Waals surface area contributed by atoms with Crippen molar-refractivity contribution in [1.82, 2.24) is 20.2 Å². The molecule has 8 nitrogen and oxygen atoms in total. The molecule has 0 saturated carbocycles. The van der Waals surface area contributed by atoms with Gasteiger partial charge in [-0.15, -0.1) is 0 Å². The average molecular weight is 294 g/mol. The van der Waals surface area contributed by atoms with Gasteiger partial charge in [-0.1, -0.05) is 0 Å². The van der Waals surface area contributed by atoms with Crippen LogP contribution in [0.3, 0.4) is 0 Å². The fraction of sp³-hybridized carbons (Fsp3) is 0.538. The average Bonchev–Trinajstić information content (AvgIpc) is 3.10. The summed E-state index contributed by atoms with van der Waals surface area (Å²) in [5, 5.41) is 2.60. The number of H-pyrrole nitrogens is 1. The van der Waals surface area contributed by atoms with Crippen LogP contribution in [0, 0.1) is 0 Å². The molecule has 1 aliphatic rings. The van der Waals surface area contributed by atoms with Crippen molar-refractivity contribution in [2.75, 3.05) is 20.2 Å². The van der Waals surface area contributed by atoms with E-state index in [9.17, 15) is 14.4 Å². The molecule has 0 aromatic carbocycles. The van der Waals surface area contributed by atoms with E-state index in [1.165, 1.54) is 18.3 Å². The number of likely N-dealkylation sites (tertiary alicyclic amines) is 1. The molecule has 1 atom stereocenters. The smallest absolute Gasteiger partial charge is 0.328 e. The molecule has 0 radical (unpaired) electrons. The summed E-state index contributed by atoms with van der Waals surface area (Å²) in [4.78, 5) is 43.4. The molecule has 1 aliphatic heterocycles. The summed E-state index contributed by atoms with van der Waals surface area (Å²) in [6, 6.07) is -0.805. The molecule has 0 spiro atoms. The van der Waals surface area contributed by atoms with Crippen molar-refractivity contribution < 1.29 is 19.1 Å². The van der Waals surface area contributed by atoms with E-state index < -0.39 is 12.0 Å². The zero-order valence-electron chi connectivity index (χ0n) is 11.8. The Kier molecular flexibility index (Phi) is 4.91. The van der Waals surface area contributed by atoms with Crippen molar-refractivity contribution in [2.45, 2.75) is 25.3 Å². The maximum Gasteiger partial charge on any atom is 0.328 e. The number of nitrogens with one attached hydrogen (secondary N) is 2. The Balaban J connectivity index is 1.92. The third kappa shape index (κ3) is 4.04. The number of rotatable bonds is 6. The Morgan fingerprint density at radius 1 is 1.57 bits per heavy atom. The fourth-order valence-electron chi connectivity index (χ4n) is 2.24. The molecule has 8 heteroatoms. The molecular weight excluding hydrogens is 276 g/mol. The molecule has 2 heterocycles. The number of esters is 1. The van der Waals surface area contributed by atoms with Crippen LogP contribution in [-0.4, -0.2) is 58.9 Å². The monoisotopic (exact) mass is 294 g/mol. The summed E-state index contributed by atoms with van der Waals surface area (Å²) >= 11 is 0. The SMILES string of the molecule is COC(=O)[C@H](Cc1cnc[nH]1)NC(=O)CN1CCCC1=O. The summed E-state index contributed by atoms with van der Waals surface area (Å²) in [5.41, 5.74) is 0.711. The van der Waals surface area contributed by atoms with Crippen LogP contribution in [0.1, 0.15) is 18.5 Å². The molecule has 1 fully saturated rings. The van der Waals surface area contributed by atoms with Gasteiger partial charge in [0.25, 0.3) is 0 Å². The number of hydrogen-bond donors (Lipinski definition) is 2. The molecule has 21 heavy (non-hydrogen) atoms. The van der Waals surface area contributed by atoms with Gasteiger partial charge in [-0.25, -0.2) is 9.78 Å². The summed E-state index contributed by atoms with van der Waals surface area (Å²) in [5.74, 6) is -0.945. The van der Waals surface area contributed by atoms with E-state index in [1.807, 2.05) is 0 Å². The summed E-state index contributed by atoms with van der Waals surface area (Å²) < 4.78 is 4.68. The van der Waals surface area contributed by atoms with Crippen LogP contribution in [-0.2, 0) is 25.5 Å². The molecule has 114 valence electrons. The van der Waals surface area contributed by atoms with E-state index in [1.54, 1.807) is 6.20 Å². The Morgan fingerprint density at radius 3 is 2.95 bits per heavy atom. The number of imidazole rings is 1. The maximum atomic E-state index is 12.0. The minimum Gasteiger partial charge on any atom is -0.467 e. The van der Waals surface area contributed by atoms with Gasteiger partial charge in [0.1, 0.15) is 6.04 Å². The Bertz CT molecular complexity index is 514. The molecule has 1 saturated heterocycles. The lowest BCUT2D eigenvalue weighted by atomic mass is 10.1. The van der Waals surface area contributed by atoms with Crippen LogP contribution in [0.4, 0.5) is 0 Å². The molecule has 0 aliphatic carbocycles. The Morgan fingerprint density at radius 2 is 2.38 bits per heavy atom. The molecule has 0 bridgehead atoms. The lowest BCUT2D eigenvalue weighted by molar-refractivity contribution is -0.145. The highest BCUT2D eigenvalue weighted by Crippen LogP contribution is 2.08. The highest BCUT2D eigenvalue weighted by molar-refractivity contribution is 5.89. The van der Waals surface area contributed by atoms with Gasteiger partial charge in [0.2, 0.25) is 11.8 Å². The molecule has 0 unspecified atom stereocenters. The van der Waals surface area contributed by atoms with Crippen molar-refractivity contribution in [2.24, 2.45) is 0 Å². The van der Waals surface area contributed by atoms with Crippen LogP contribution < -0.4 is 5.32 Å². The van der Waals surface area contributed by atoms with Crippen LogP contribution in [0.5, 0.6) is 0 Å². The third-order valence-corrected chi connectivity index (χ3v) is 3.31.